The van der Waals surface area contributed by atoms with E-state index in [9.17, 15) is 0 Å². The van der Waals surface area contributed by atoms with Crippen LogP contribution in [0.1, 0.15) is 44.4 Å². The van der Waals surface area contributed by atoms with E-state index in [1.165, 1.54) is 11.5 Å². The van der Waals surface area contributed by atoms with E-state index in [1.807, 2.05) is 0 Å². The van der Waals surface area contributed by atoms with Crippen LogP contribution in [0.15, 0.2) is 0 Å². The van der Waals surface area contributed by atoms with E-state index in [4.69, 9.17) is 5.73 Å². The van der Waals surface area contributed by atoms with Crippen LogP contribution in [0.4, 0.5) is 0 Å². The van der Waals surface area contributed by atoms with Gasteiger partial charge in [0.2, 0.25) is 0 Å². The zero-order valence-corrected chi connectivity index (χ0v) is 10.1. The molecule has 0 aromatic carbocycles. The molecule has 0 saturated carbocycles. The first kappa shape index (κ1) is 11.6. The number of hydrogen-bond acceptors (Lipinski definition) is 4. The van der Waals surface area contributed by atoms with Crippen molar-refractivity contribution < 1.29 is 0 Å². The van der Waals surface area contributed by atoms with E-state index >= 15 is 0 Å². The molecule has 0 aliphatic heterocycles. The summed E-state index contributed by atoms with van der Waals surface area (Å²) in [4.78, 5) is 4.46. The SMILES string of the molecule is CC(C)c1nsc(CC(N)C(C)C)n1. The number of nitrogens with zero attached hydrogens (tertiary/aromatic N) is 2. The Hall–Kier alpha value is -0.480. The van der Waals surface area contributed by atoms with Crippen LogP contribution in [0.5, 0.6) is 0 Å². The fraction of sp³-hybridized carbons (Fsp3) is 0.800. The lowest BCUT2D eigenvalue weighted by Crippen LogP contribution is -2.28. The average molecular weight is 213 g/mol. The fourth-order valence-corrected chi connectivity index (χ4v) is 1.87. The maximum atomic E-state index is 5.97. The van der Waals surface area contributed by atoms with Gasteiger partial charge >= 0.3 is 0 Å². The Kier molecular flexibility index (Phi) is 4.01. The third kappa shape index (κ3) is 3.03. The summed E-state index contributed by atoms with van der Waals surface area (Å²) in [6.45, 7) is 8.48. The molecular formula is C10H19N3S. The van der Waals surface area contributed by atoms with Gasteiger partial charge in [-0.25, -0.2) is 4.98 Å². The van der Waals surface area contributed by atoms with Crippen LogP contribution in [0.3, 0.4) is 0 Å². The molecular weight excluding hydrogens is 194 g/mol. The number of aromatic nitrogens is 2. The van der Waals surface area contributed by atoms with Crippen LogP contribution in [-0.2, 0) is 6.42 Å². The molecule has 14 heavy (non-hydrogen) atoms. The summed E-state index contributed by atoms with van der Waals surface area (Å²) in [5.74, 6) is 1.86. The van der Waals surface area contributed by atoms with Gasteiger partial charge in [-0.05, 0) is 17.5 Å². The lowest BCUT2D eigenvalue weighted by molar-refractivity contribution is 0.489. The van der Waals surface area contributed by atoms with Crippen molar-refractivity contribution in [3.8, 4) is 0 Å². The van der Waals surface area contributed by atoms with Crippen LogP contribution in [-0.4, -0.2) is 15.4 Å². The summed E-state index contributed by atoms with van der Waals surface area (Å²) in [6, 6.07) is 0.197. The average Bonchev–Trinajstić information content (AvgIpc) is 2.52. The maximum absolute atomic E-state index is 5.97. The van der Waals surface area contributed by atoms with Gasteiger partial charge in [0.1, 0.15) is 10.8 Å². The summed E-state index contributed by atoms with van der Waals surface area (Å²) in [7, 11) is 0. The second-order valence-corrected chi connectivity index (χ2v) is 5.15. The smallest absolute Gasteiger partial charge is 0.145 e. The minimum atomic E-state index is 0.197. The van der Waals surface area contributed by atoms with Gasteiger partial charge in [0.25, 0.3) is 0 Å². The molecule has 1 rings (SSSR count). The first-order valence-electron chi connectivity index (χ1n) is 5.08. The quantitative estimate of drug-likeness (QED) is 0.834. The first-order valence-corrected chi connectivity index (χ1v) is 5.86. The molecule has 0 bridgehead atoms. The molecule has 3 nitrogen and oxygen atoms in total. The molecule has 0 amide bonds. The number of hydrogen-bond donors (Lipinski definition) is 1. The Morgan fingerprint density at radius 2 is 1.93 bits per heavy atom. The molecule has 2 N–H and O–H groups in total. The number of rotatable bonds is 4. The van der Waals surface area contributed by atoms with E-state index in [-0.39, 0.29) is 6.04 Å². The Morgan fingerprint density at radius 3 is 2.36 bits per heavy atom. The second kappa shape index (κ2) is 4.84. The molecule has 1 heterocycles. The van der Waals surface area contributed by atoms with Gasteiger partial charge in [-0.3, -0.25) is 0 Å². The second-order valence-electron chi connectivity index (χ2n) is 4.31. The summed E-state index contributed by atoms with van der Waals surface area (Å²) < 4.78 is 4.30. The van der Waals surface area contributed by atoms with E-state index in [1.54, 1.807) is 0 Å². The van der Waals surface area contributed by atoms with E-state index in [0.29, 0.717) is 11.8 Å². The largest absolute Gasteiger partial charge is 0.327 e. The van der Waals surface area contributed by atoms with Crippen LogP contribution < -0.4 is 5.73 Å². The topological polar surface area (TPSA) is 51.8 Å². The Bertz CT molecular complexity index is 281. The summed E-state index contributed by atoms with van der Waals surface area (Å²) >= 11 is 1.48. The van der Waals surface area contributed by atoms with Crippen molar-refractivity contribution in [1.82, 2.24) is 9.36 Å². The van der Waals surface area contributed by atoms with Crippen molar-refractivity contribution in [2.45, 2.75) is 46.1 Å². The molecule has 0 aliphatic rings. The van der Waals surface area contributed by atoms with Gasteiger partial charge in [-0.15, -0.1) is 0 Å². The highest BCUT2D eigenvalue weighted by Gasteiger charge is 2.13. The zero-order chi connectivity index (χ0) is 10.7. The van der Waals surface area contributed by atoms with Crippen LogP contribution >= 0.6 is 11.5 Å². The van der Waals surface area contributed by atoms with Crippen molar-refractivity contribution in [3.05, 3.63) is 10.8 Å². The van der Waals surface area contributed by atoms with Gasteiger partial charge in [-0.2, -0.15) is 4.37 Å². The van der Waals surface area contributed by atoms with Gasteiger partial charge in [0, 0.05) is 18.4 Å². The molecule has 1 aromatic heterocycles. The van der Waals surface area contributed by atoms with Gasteiger partial charge in [0.05, 0.1) is 0 Å². The maximum Gasteiger partial charge on any atom is 0.145 e. The molecule has 0 radical (unpaired) electrons. The van der Waals surface area contributed by atoms with Crippen LogP contribution in [0, 0.1) is 5.92 Å². The standard InChI is InChI=1S/C10H19N3S/c1-6(2)8(11)5-9-12-10(7(3)4)13-14-9/h6-8H,5,11H2,1-4H3. The molecule has 0 fully saturated rings. The Labute approximate surface area is 89.9 Å². The molecule has 1 unspecified atom stereocenters. The monoisotopic (exact) mass is 213 g/mol. The van der Waals surface area contributed by atoms with Crippen molar-refractivity contribution in [1.29, 1.82) is 0 Å². The van der Waals surface area contributed by atoms with Gasteiger partial charge in [-0.1, -0.05) is 27.7 Å². The molecule has 0 spiro atoms. The van der Waals surface area contributed by atoms with Gasteiger partial charge in [0.15, 0.2) is 0 Å². The van der Waals surface area contributed by atoms with E-state index in [2.05, 4.69) is 37.1 Å². The summed E-state index contributed by atoms with van der Waals surface area (Å²) in [5, 5.41) is 1.06. The minimum Gasteiger partial charge on any atom is -0.327 e. The minimum absolute atomic E-state index is 0.197. The lowest BCUT2D eigenvalue weighted by atomic mass is 10.0. The molecule has 4 heteroatoms. The van der Waals surface area contributed by atoms with Crippen LogP contribution in [0.25, 0.3) is 0 Å². The van der Waals surface area contributed by atoms with Crippen molar-refractivity contribution >= 4 is 11.5 Å². The highest BCUT2D eigenvalue weighted by Crippen LogP contribution is 2.15. The van der Waals surface area contributed by atoms with Crippen molar-refractivity contribution in [3.63, 3.8) is 0 Å². The molecule has 1 aromatic rings. The summed E-state index contributed by atoms with van der Waals surface area (Å²) in [5.41, 5.74) is 5.97. The first-order chi connectivity index (χ1) is 6.50. The lowest BCUT2D eigenvalue weighted by Gasteiger charge is -2.12. The third-order valence-corrected chi connectivity index (χ3v) is 3.01. The highest BCUT2D eigenvalue weighted by molar-refractivity contribution is 7.05. The molecule has 80 valence electrons. The summed E-state index contributed by atoms with van der Waals surface area (Å²) in [6.07, 6.45) is 0.849. The van der Waals surface area contributed by atoms with Crippen molar-refractivity contribution in [2.24, 2.45) is 11.7 Å². The van der Waals surface area contributed by atoms with Crippen LogP contribution in [0.2, 0.25) is 0 Å². The Morgan fingerprint density at radius 1 is 1.29 bits per heavy atom. The predicted molar refractivity (Wildman–Crippen MR) is 60.5 cm³/mol. The molecule has 1 atom stereocenters. The molecule has 0 saturated heterocycles. The predicted octanol–water partition coefficient (Wildman–Crippen LogP) is 2.19. The van der Waals surface area contributed by atoms with Crippen molar-refractivity contribution in [2.75, 3.05) is 0 Å². The zero-order valence-electron chi connectivity index (χ0n) is 9.32. The number of nitrogens with two attached hydrogens (primary N) is 1. The highest BCUT2D eigenvalue weighted by atomic mass is 32.1. The molecule has 0 aliphatic carbocycles. The third-order valence-electron chi connectivity index (χ3n) is 2.27. The van der Waals surface area contributed by atoms with Gasteiger partial charge < -0.3 is 5.73 Å². The van der Waals surface area contributed by atoms with E-state index in [0.717, 1.165) is 17.3 Å². The van der Waals surface area contributed by atoms with E-state index < -0.39 is 0 Å². The normalized spacial score (nSPS) is 13.9. The Balaban J connectivity index is 2.60. The fourth-order valence-electron chi connectivity index (χ4n) is 1.02.